The number of fused-ring (bicyclic) bond motifs is 2. The summed E-state index contributed by atoms with van der Waals surface area (Å²) in [7, 11) is 0. The van der Waals surface area contributed by atoms with Gasteiger partial charge in [-0.05, 0) is 88.8 Å². The van der Waals surface area contributed by atoms with Gasteiger partial charge in [0.05, 0.1) is 0 Å². The molecule has 0 nitrogen and oxygen atoms in total. The average molecular weight is 331 g/mol. The van der Waals surface area contributed by atoms with Crippen molar-refractivity contribution < 1.29 is 0 Å². The van der Waals surface area contributed by atoms with Gasteiger partial charge in [-0.25, -0.2) is 0 Å². The Morgan fingerprint density at radius 2 is 1.21 bits per heavy atom. The maximum absolute atomic E-state index is 2.76. The number of rotatable bonds is 0. The zero-order valence-corrected chi connectivity index (χ0v) is 18.0. The van der Waals surface area contributed by atoms with Gasteiger partial charge in [0.15, 0.2) is 0 Å². The summed E-state index contributed by atoms with van der Waals surface area (Å²) >= 11 is 0. The minimum Gasteiger partial charge on any atom is -0.0619 e. The molecule has 4 aliphatic carbocycles. The first kappa shape index (κ1) is 17.4. The van der Waals surface area contributed by atoms with E-state index in [1.807, 2.05) is 0 Å². The second kappa shape index (κ2) is 4.28. The van der Waals surface area contributed by atoms with Crippen LogP contribution in [0.3, 0.4) is 0 Å². The van der Waals surface area contributed by atoms with E-state index in [-0.39, 0.29) is 0 Å². The molecule has 4 fully saturated rings. The van der Waals surface area contributed by atoms with Crippen molar-refractivity contribution in [1.82, 2.24) is 0 Å². The molecule has 0 heteroatoms. The lowest BCUT2D eigenvalue weighted by atomic mass is 9.19. The number of hydrogen-bond acceptors (Lipinski definition) is 0. The fraction of sp³-hybridized carbons (Fsp3) is 1.00. The van der Waals surface area contributed by atoms with Crippen molar-refractivity contribution in [3.8, 4) is 0 Å². The van der Waals surface area contributed by atoms with Gasteiger partial charge in [0.2, 0.25) is 0 Å². The Balaban J connectivity index is 1.96. The molecule has 4 saturated carbocycles. The van der Waals surface area contributed by atoms with Gasteiger partial charge in [0, 0.05) is 0 Å². The average Bonchev–Trinajstić information content (AvgIpc) is 2.43. The van der Waals surface area contributed by atoms with E-state index in [9.17, 15) is 0 Å². The maximum Gasteiger partial charge on any atom is -0.0177 e. The van der Waals surface area contributed by atoms with Crippen LogP contribution in [0, 0.1) is 50.2 Å². The molecular formula is C24H42. The van der Waals surface area contributed by atoms with Gasteiger partial charge in [-0.1, -0.05) is 62.3 Å². The van der Waals surface area contributed by atoms with E-state index in [4.69, 9.17) is 0 Å². The van der Waals surface area contributed by atoms with Crippen LogP contribution in [0.25, 0.3) is 0 Å². The minimum absolute atomic E-state index is 0.474. The third-order valence-corrected chi connectivity index (χ3v) is 11.6. The third kappa shape index (κ3) is 1.48. The summed E-state index contributed by atoms with van der Waals surface area (Å²) in [5.74, 6) is 2.69. The first-order chi connectivity index (χ1) is 10.8. The molecule has 0 aliphatic heterocycles. The Morgan fingerprint density at radius 1 is 0.583 bits per heavy atom. The van der Waals surface area contributed by atoms with E-state index in [0.717, 1.165) is 17.8 Å². The van der Waals surface area contributed by atoms with Crippen molar-refractivity contribution in [3.63, 3.8) is 0 Å². The Bertz CT molecular complexity index is 575. The van der Waals surface area contributed by atoms with Crippen LogP contribution in [0.4, 0.5) is 0 Å². The molecule has 24 heavy (non-hydrogen) atoms. The Labute approximate surface area is 151 Å². The predicted octanol–water partition coefficient (Wildman–Crippen LogP) is 7.33. The molecule has 138 valence electrons. The van der Waals surface area contributed by atoms with E-state index in [1.54, 1.807) is 0 Å². The van der Waals surface area contributed by atoms with E-state index in [1.165, 1.54) is 38.5 Å². The van der Waals surface area contributed by atoms with Crippen LogP contribution >= 0.6 is 0 Å². The summed E-state index contributed by atoms with van der Waals surface area (Å²) in [6.45, 7) is 23.9. The molecule has 0 aromatic heterocycles. The molecule has 0 N–H and O–H groups in total. The summed E-state index contributed by atoms with van der Waals surface area (Å²) in [5.41, 5.74) is 3.09. The lowest BCUT2D eigenvalue weighted by Crippen LogP contribution is -2.79. The summed E-state index contributed by atoms with van der Waals surface area (Å²) in [6, 6.07) is 0. The van der Waals surface area contributed by atoms with Crippen LogP contribution in [0.15, 0.2) is 0 Å². The molecular weight excluding hydrogens is 288 g/mol. The first-order valence-electron chi connectivity index (χ1n) is 10.8. The summed E-state index contributed by atoms with van der Waals surface area (Å²) in [4.78, 5) is 0. The van der Waals surface area contributed by atoms with E-state index in [0.29, 0.717) is 32.5 Å². The highest BCUT2D eigenvalue weighted by Gasteiger charge is 2.81. The van der Waals surface area contributed by atoms with Gasteiger partial charge >= 0.3 is 0 Å². The van der Waals surface area contributed by atoms with Gasteiger partial charge in [0.25, 0.3) is 0 Å². The molecule has 4 aliphatic rings. The normalized spacial score (nSPS) is 64.6. The lowest BCUT2D eigenvalue weighted by molar-refractivity contribution is -0.374. The van der Waals surface area contributed by atoms with Crippen LogP contribution in [-0.4, -0.2) is 0 Å². The molecule has 8 atom stereocenters. The SMILES string of the molecule is CC1CC(C)(C)C[C@@]2(C)C[C@@]3(C)C[C@H]4CC[C@@H](C)C(C)(C12C)[C@@]43C. The largest absolute Gasteiger partial charge is 0.0619 e. The van der Waals surface area contributed by atoms with E-state index < -0.39 is 0 Å². The van der Waals surface area contributed by atoms with Crippen LogP contribution < -0.4 is 0 Å². The molecule has 3 unspecified atom stereocenters. The Kier molecular flexibility index (Phi) is 3.11. The van der Waals surface area contributed by atoms with Crippen molar-refractivity contribution in [3.05, 3.63) is 0 Å². The second-order valence-electron chi connectivity index (χ2n) is 12.7. The number of hydrogen-bond donors (Lipinski definition) is 0. The van der Waals surface area contributed by atoms with Crippen molar-refractivity contribution in [2.75, 3.05) is 0 Å². The highest BCUT2D eigenvalue weighted by molar-refractivity contribution is 5.29. The van der Waals surface area contributed by atoms with Gasteiger partial charge in [0.1, 0.15) is 0 Å². The fourth-order valence-corrected chi connectivity index (χ4v) is 10.5. The van der Waals surface area contributed by atoms with Gasteiger partial charge < -0.3 is 0 Å². The van der Waals surface area contributed by atoms with Crippen molar-refractivity contribution >= 4 is 0 Å². The molecule has 0 radical (unpaired) electrons. The highest BCUT2D eigenvalue weighted by Crippen LogP contribution is 2.88. The molecule has 0 spiro atoms. The van der Waals surface area contributed by atoms with Gasteiger partial charge in [-0.3, -0.25) is 0 Å². The minimum atomic E-state index is 0.474. The fourth-order valence-electron chi connectivity index (χ4n) is 10.5. The van der Waals surface area contributed by atoms with E-state index >= 15 is 0 Å². The van der Waals surface area contributed by atoms with Crippen LogP contribution in [-0.2, 0) is 0 Å². The zero-order chi connectivity index (χ0) is 18.0. The maximum atomic E-state index is 2.76. The first-order valence-corrected chi connectivity index (χ1v) is 10.8. The van der Waals surface area contributed by atoms with Crippen LogP contribution in [0.2, 0.25) is 0 Å². The Morgan fingerprint density at radius 3 is 1.83 bits per heavy atom. The molecule has 0 aromatic carbocycles. The molecule has 0 amide bonds. The van der Waals surface area contributed by atoms with Crippen molar-refractivity contribution in [2.24, 2.45) is 50.2 Å². The molecule has 4 rings (SSSR count). The van der Waals surface area contributed by atoms with Crippen molar-refractivity contribution in [1.29, 1.82) is 0 Å². The van der Waals surface area contributed by atoms with Gasteiger partial charge in [-0.2, -0.15) is 0 Å². The monoisotopic (exact) mass is 330 g/mol. The Hall–Kier alpha value is 0. The molecule has 0 heterocycles. The summed E-state index contributed by atoms with van der Waals surface area (Å²) in [5, 5.41) is 0. The van der Waals surface area contributed by atoms with Gasteiger partial charge in [-0.15, -0.1) is 0 Å². The zero-order valence-electron chi connectivity index (χ0n) is 18.0. The smallest absolute Gasteiger partial charge is 0.0177 e. The molecule has 0 bridgehead atoms. The molecule has 0 aromatic rings. The van der Waals surface area contributed by atoms with E-state index in [2.05, 4.69) is 62.3 Å². The highest BCUT2D eigenvalue weighted by atomic mass is 14.9. The summed E-state index contributed by atoms with van der Waals surface area (Å²) < 4.78 is 0. The topological polar surface area (TPSA) is 0 Å². The lowest BCUT2D eigenvalue weighted by Gasteiger charge is -2.85. The standard InChI is InChI=1S/C24H42/c1-16-10-11-18-13-20(5)15-21(6)14-19(3,4)12-17(2)22(21,7)23(16,8)24(18,20)9/h16-18H,10-15H2,1-9H3/t16-,17?,18-,20-,21+,22?,23?,24+/m1/s1. The predicted molar refractivity (Wildman–Crippen MR) is 104 cm³/mol. The summed E-state index contributed by atoms with van der Waals surface area (Å²) in [6.07, 6.45) is 8.79. The molecule has 0 saturated heterocycles. The second-order valence-corrected chi connectivity index (χ2v) is 12.7. The quantitative estimate of drug-likeness (QED) is 0.436. The van der Waals surface area contributed by atoms with Crippen LogP contribution in [0.1, 0.15) is 101 Å². The third-order valence-electron chi connectivity index (χ3n) is 11.6. The van der Waals surface area contributed by atoms with Crippen molar-refractivity contribution in [2.45, 2.75) is 101 Å². The van der Waals surface area contributed by atoms with Crippen LogP contribution in [0.5, 0.6) is 0 Å².